The van der Waals surface area contributed by atoms with Gasteiger partial charge in [-0.3, -0.25) is 10.1 Å². The molecule has 2 aromatic rings. The Bertz CT molecular complexity index is 721. The van der Waals surface area contributed by atoms with E-state index in [1.165, 1.54) is 6.33 Å². The van der Waals surface area contributed by atoms with Crippen LogP contribution >= 0.6 is 0 Å². The Hall–Kier alpha value is -2.90. The van der Waals surface area contributed by atoms with Crippen LogP contribution in [0.3, 0.4) is 0 Å². The molecule has 8 nitrogen and oxygen atoms in total. The zero-order valence-electron chi connectivity index (χ0n) is 14.0. The number of methoxy groups -OCH3 is 1. The maximum Gasteiger partial charge on any atom is 0.353 e. The Kier molecular flexibility index (Phi) is 5.89. The highest BCUT2D eigenvalue weighted by Crippen LogP contribution is 2.34. The maximum atomic E-state index is 11.5. The third-order valence-corrected chi connectivity index (χ3v) is 3.44. The summed E-state index contributed by atoms with van der Waals surface area (Å²) in [5, 5.41) is 17.5. The van der Waals surface area contributed by atoms with Gasteiger partial charge in [-0.25, -0.2) is 9.97 Å². The van der Waals surface area contributed by atoms with Gasteiger partial charge in [0.2, 0.25) is 11.6 Å². The number of benzene rings is 1. The van der Waals surface area contributed by atoms with Crippen LogP contribution in [0.15, 0.2) is 24.5 Å². The zero-order valence-corrected chi connectivity index (χ0v) is 14.0. The molecule has 2 N–H and O–H groups in total. The van der Waals surface area contributed by atoms with Crippen molar-refractivity contribution in [2.75, 3.05) is 24.3 Å². The van der Waals surface area contributed by atoms with Gasteiger partial charge >= 0.3 is 5.69 Å². The third kappa shape index (κ3) is 4.09. The zero-order chi connectivity index (χ0) is 17.5. The van der Waals surface area contributed by atoms with Crippen LogP contribution in [0.2, 0.25) is 0 Å². The number of rotatable bonds is 8. The lowest BCUT2D eigenvalue weighted by atomic mass is 10.2. The molecule has 8 heteroatoms. The summed E-state index contributed by atoms with van der Waals surface area (Å²) in [7, 11) is 1.54. The molecule has 0 radical (unpaired) electrons. The predicted octanol–water partition coefficient (Wildman–Crippen LogP) is 3.66. The number of anilines is 3. The number of aryl methyl sites for hydroxylation is 1. The summed E-state index contributed by atoms with van der Waals surface area (Å²) in [6.07, 6.45) is 3.18. The number of hydrogen-bond donors (Lipinski definition) is 2. The fourth-order valence-corrected chi connectivity index (χ4v) is 2.20. The molecule has 128 valence electrons. The molecule has 1 aromatic carbocycles. The second-order valence-electron chi connectivity index (χ2n) is 5.29. The number of hydrogen-bond acceptors (Lipinski definition) is 7. The lowest BCUT2D eigenvalue weighted by Crippen LogP contribution is -2.09. The van der Waals surface area contributed by atoms with E-state index in [1.807, 2.05) is 26.0 Å². The molecule has 0 fully saturated rings. The summed E-state index contributed by atoms with van der Waals surface area (Å²) < 4.78 is 5.29. The quantitative estimate of drug-likeness (QED) is 0.432. The molecule has 24 heavy (non-hydrogen) atoms. The molecule has 0 saturated heterocycles. The van der Waals surface area contributed by atoms with Gasteiger partial charge in [-0.05, 0) is 31.0 Å². The van der Waals surface area contributed by atoms with Crippen molar-refractivity contribution in [2.45, 2.75) is 26.7 Å². The van der Waals surface area contributed by atoms with Crippen molar-refractivity contribution in [2.24, 2.45) is 0 Å². The van der Waals surface area contributed by atoms with Crippen LogP contribution < -0.4 is 15.4 Å². The van der Waals surface area contributed by atoms with E-state index in [0.29, 0.717) is 18.0 Å². The fraction of sp³-hybridized carbons (Fsp3) is 0.375. The molecule has 2 rings (SSSR count). The average molecular weight is 331 g/mol. The van der Waals surface area contributed by atoms with Gasteiger partial charge in [-0.1, -0.05) is 19.4 Å². The molecule has 0 aliphatic carbocycles. The van der Waals surface area contributed by atoms with Gasteiger partial charge < -0.3 is 15.4 Å². The summed E-state index contributed by atoms with van der Waals surface area (Å²) in [5.74, 6) is 0.907. The Balaban J connectivity index is 2.38. The van der Waals surface area contributed by atoms with Crippen molar-refractivity contribution in [3.05, 3.63) is 40.2 Å². The Morgan fingerprint density at radius 3 is 2.71 bits per heavy atom. The van der Waals surface area contributed by atoms with Crippen LogP contribution in [0.5, 0.6) is 5.75 Å². The second kappa shape index (κ2) is 8.09. The van der Waals surface area contributed by atoms with Gasteiger partial charge in [0.1, 0.15) is 12.1 Å². The summed E-state index contributed by atoms with van der Waals surface area (Å²) in [6, 6.07) is 5.54. The Morgan fingerprint density at radius 1 is 1.29 bits per heavy atom. The van der Waals surface area contributed by atoms with Crippen LogP contribution in [-0.2, 0) is 0 Å². The van der Waals surface area contributed by atoms with Gasteiger partial charge in [0.05, 0.1) is 17.7 Å². The second-order valence-corrected chi connectivity index (χ2v) is 5.29. The number of unbranched alkanes of at least 4 members (excludes halogenated alkanes) is 1. The van der Waals surface area contributed by atoms with Gasteiger partial charge in [-0.2, -0.15) is 0 Å². The van der Waals surface area contributed by atoms with Crippen molar-refractivity contribution in [1.82, 2.24) is 9.97 Å². The Labute approximate surface area is 140 Å². The normalized spacial score (nSPS) is 10.3. The van der Waals surface area contributed by atoms with Gasteiger partial charge in [0.25, 0.3) is 0 Å². The molecule has 0 amide bonds. The minimum absolute atomic E-state index is 0.123. The SMILES string of the molecule is CCCCNc1ncnc(Nc2cc(C)ccc2OC)c1[N+](=O)[O-]. The molecule has 0 spiro atoms. The van der Waals surface area contributed by atoms with Crippen LogP contribution in [0, 0.1) is 17.0 Å². The molecule has 0 saturated carbocycles. The maximum absolute atomic E-state index is 11.5. The fourth-order valence-electron chi connectivity index (χ4n) is 2.20. The summed E-state index contributed by atoms with van der Waals surface area (Å²) in [4.78, 5) is 19.0. The van der Waals surface area contributed by atoms with Crippen LogP contribution in [0.25, 0.3) is 0 Å². The van der Waals surface area contributed by atoms with Crippen LogP contribution in [-0.4, -0.2) is 28.5 Å². The lowest BCUT2D eigenvalue weighted by molar-refractivity contribution is -0.383. The number of ether oxygens (including phenoxy) is 1. The van der Waals surface area contributed by atoms with Gasteiger partial charge in [0.15, 0.2) is 0 Å². The highest BCUT2D eigenvalue weighted by molar-refractivity contribution is 5.76. The van der Waals surface area contributed by atoms with Crippen molar-refractivity contribution in [1.29, 1.82) is 0 Å². The first-order valence-electron chi connectivity index (χ1n) is 7.71. The molecule has 0 aliphatic heterocycles. The van der Waals surface area contributed by atoms with Crippen molar-refractivity contribution in [3.63, 3.8) is 0 Å². The standard InChI is InChI=1S/C16H21N5O3/c1-4-5-8-17-15-14(21(22)23)16(19-10-18-15)20-12-9-11(2)6-7-13(12)24-3/h6-7,9-10H,4-5,8H2,1-3H3,(H2,17,18,19,20). The minimum Gasteiger partial charge on any atom is -0.495 e. The van der Waals surface area contributed by atoms with Gasteiger partial charge in [-0.15, -0.1) is 0 Å². The van der Waals surface area contributed by atoms with E-state index < -0.39 is 4.92 Å². The summed E-state index contributed by atoms with van der Waals surface area (Å²) in [6.45, 7) is 4.59. The molecular weight excluding hydrogens is 310 g/mol. The highest BCUT2D eigenvalue weighted by atomic mass is 16.6. The molecule has 0 atom stereocenters. The number of nitrogens with zero attached hydrogens (tertiary/aromatic N) is 3. The largest absolute Gasteiger partial charge is 0.495 e. The monoisotopic (exact) mass is 331 g/mol. The predicted molar refractivity (Wildman–Crippen MR) is 93.1 cm³/mol. The van der Waals surface area contributed by atoms with E-state index in [0.717, 1.165) is 18.4 Å². The summed E-state index contributed by atoms with van der Waals surface area (Å²) in [5.41, 5.74) is 1.42. The van der Waals surface area contributed by atoms with E-state index >= 15 is 0 Å². The number of nitrogens with one attached hydrogen (secondary N) is 2. The van der Waals surface area contributed by atoms with Crippen molar-refractivity contribution >= 4 is 23.0 Å². The molecular formula is C16H21N5O3. The minimum atomic E-state index is -0.487. The van der Waals surface area contributed by atoms with E-state index in [1.54, 1.807) is 13.2 Å². The first kappa shape index (κ1) is 17.5. The number of nitro groups is 1. The third-order valence-electron chi connectivity index (χ3n) is 3.44. The average Bonchev–Trinajstić information content (AvgIpc) is 2.55. The molecule has 1 heterocycles. The molecule has 0 unspecified atom stereocenters. The van der Waals surface area contributed by atoms with Crippen LogP contribution in [0.4, 0.5) is 23.0 Å². The van der Waals surface area contributed by atoms with Gasteiger partial charge in [0, 0.05) is 6.54 Å². The number of aromatic nitrogens is 2. The van der Waals surface area contributed by atoms with Crippen molar-refractivity contribution < 1.29 is 9.66 Å². The first-order valence-corrected chi connectivity index (χ1v) is 7.71. The smallest absolute Gasteiger partial charge is 0.353 e. The Morgan fingerprint density at radius 2 is 2.04 bits per heavy atom. The first-order chi connectivity index (χ1) is 11.6. The van der Waals surface area contributed by atoms with Crippen LogP contribution in [0.1, 0.15) is 25.3 Å². The molecule has 0 bridgehead atoms. The summed E-state index contributed by atoms with van der Waals surface area (Å²) >= 11 is 0. The molecule has 0 aliphatic rings. The topological polar surface area (TPSA) is 102 Å². The molecule has 1 aromatic heterocycles. The van der Waals surface area contributed by atoms with Crippen molar-refractivity contribution in [3.8, 4) is 5.75 Å². The van der Waals surface area contributed by atoms with E-state index in [2.05, 4.69) is 20.6 Å². The highest BCUT2D eigenvalue weighted by Gasteiger charge is 2.23. The van der Waals surface area contributed by atoms with E-state index in [-0.39, 0.29) is 17.3 Å². The lowest BCUT2D eigenvalue weighted by Gasteiger charge is -2.13. The van der Waals surface area contributed by atoms with E-state index in [4.69, 9.17) is 4.74 Å². The van der Waals surface area contributed by atoms with E-state index in [9.17, 15) is 10.1 Å².